The normalized spacial score (nSPS) is 19.9. The first-order valence-electron chi connectivity index (χ1n) is 6.59. The summed E-state index contributed by atoms with van der Waals surface area (Å²) in [5, 5.41) is 12.7. The molecule has 0 saturated carbocycles. The van der Waals surface area contributed by atoms with Gasteiger partial charge in [0.05, 0.1) is 26.5 Å². The van der Waals surface area contributed by atoms with Crippen molar-refractivity contribution in [3.05, 3.63) is 18.2 Å². The van der Waals surface area contributed by atoms with Crippen LogP contribution < -0.4 is 19.7 Å². The summed E-state index contributed by atoms with van der Waals surface area (Å²) < 4.78 is 10.7. The van der Waals surface area contributed by atoms with Crippen molar-refractivity contribution in [1.82, 2.24) is 5.32 Å². The van der Waals surface area contributed by atoms with Gasteiger partial charge in [0, 0.05) is 25.2 Å². The lowest BCUT2D eigenvalue weighted by molar-refractivity contribution is 0.248. The molecule has 1 fully saturated rings. The number of benzene rings is 1. The summed E-state index contributed by atoms with van der Waals surface area (Å²) in [6.45, 7) is 2.77. The third-order valence-corrected chi connectivity index (χ3v) is 3.43. The van der Waals surface area contributed by atoms with E-state index in [1.807, 2.05) is 18.2 Å². The molecule has 0 spiro atoms. The highest BCUT2D eigenvalue weighted by atomic mass is 16.5. The van der Waals surface area contributed by atoms with E-state index in [1.165, 1.54) is 0 Å². The smallest absolute Gasteiger partial charge is 0.142 e. The predicted molar refractivity (Wildman–Crippen MR) is 75.3 cm³/mol. The Morgan fingerprint density at radius 2 is 2.21 bits per heavy atom. The molecule has 0 radical (unpaired) electrons. The molecule has 1 aromatic rings. The molecular weight excluding hydrogens is 244 g/mol. The van der Waals surface area contributed by atoms with Gasteiger partial charge in [0.15, 0.2) is 0 Å². The minimum atomic E-state index is 0.0957. The highest BCUT2D eigenvalue weighted by Crippen LogP contribution is 2.32. The largest absolute Gasteiger partial charge is 0.497 e. The zero-order valence-corrected chi connectivity index (χ0v) is 11.6. The monoisotopic (exact) mass is 266 g/mol. The molecule has 1 unspecified atom stereocenters. The van der Waals surface area contributed by atoms with E-state index in [0.29, 0.717) is 0 Å². The number of aliphatic hydroxyl groups excluding tert-OH is 1. The van der Waals surface area contributed by atoms with Crippen LogP contribution >= 0.6 is 0 Å². The summed E-state index contributed by atoms with van der Waals surface area (Å²) in [7, 11) is 3.33. The topological polar surface area (TPSA) is 54.0 Å². The van der Waals surface area contributed by atoms with Crippen molar-refractivity contribution < 1.29 is 14.6 Å². The maximum absolute atomic E-state index is 9.36. The Labute approximate surface area is 114 Å². The minimum Gasteiger partial charge on any atom is -0.497 e. The highest BCUT2D eigenvalue weighted by molar-refractivity contribution is 5.61. The number of hydrogen-bond acceptors (Lipinski definition) is 5. The van der Waals surface area contributed by atoms with Crippen LogP contribution in [0.25, 0.3) is 0 Å². The average Bonchev–Trinajstić information content (AvgIpc) is 2.71. The number of nitrogens with one attached hydrogen (secondary N) is 1. The maximum atomic E-state index is 9.36. The Balaban J connectivity index is 2.27. The molecule has 0 aliphatic carbocycles. The molecule has 0 bridgehead atoms. The van der Waals surface area contributed by atoms with Crippen LogP contribution in [0, 0.1) is 0 Å². The van der Waals surface area contributed by atoms with Gasteiger partial charge >= 0.3 is 0 Å². The summed E-state index contributed by atoms with van der Waals surface area (Å²) in [5.74, 6) is 1.65. The summed E-state index contributed by atoms with van der Waals surface area (Å²) in [6.07, 6.45) is 1.04. The van der Waals surface area contributed by atoms with Crippen LogP contribution in [0.1, 0.15) is 6.42 Å². The molecule has 1 aliphatic heterocycles. The number of ether oxygens (including phenoxy) is 2. The van der Waals surface area contributed by atoms with E-state index in [2.05, 4.69) is 10.2 Å². The number of nitrogens with zero attached hydrogens (tertiary/aromatic N) is 1. The number of anilines is 1. The predicted octanol–water partition coefficient (Wildman–Crippen LogP) is 0.864. The summed E-state index contributed by atoms with van der Waals surface area (Å²) in [6, 6.07) is 5.89. The zero-order chi connectivity index (χ0) is 13.7. The van der Waals surface area contributed by atoms with Crippen LogP contribution in [-0.4, -0.2) is 51.6 Å². The zero-order valence-electron chi connectivity index (χ0n) is 11.6. The molecule has 1 aliphatic rings. The fourth-order valence-electron chi connectivity index (χ4n) is 2.38. The van der Waals surface area contributed by atoms with Gasteiger partial charge in [-0.3, -0.25) is 0 Å². The Morgan fingerprint density at radius 1 is 1.37 bits per heavy atom. The second-order valence-corrected chi connectivity index (χ2v) is 4.67. The minimum absolute atomic E-state index is 0.0957. The van der Waals surface area contributed by atoms with Crippen molar-refractivity contribution in [1.29, 1.82) is 0 Å². The van der Waals surface area contributed by atoms with Gasteiger partial charge in [-0.15, -0.1) is 0 Å². The lowest BCUT2D eigenvalue weighted by Gasteiger charge is -2.27. The van der Waals surface area contributed by atoms with Crippen LogP contribution in [0.3, 0.4) is 0 Å². The Morgan fingerprint density at radius 3 is 2.89 bits per heavy atom. The standard InChI is InChI=1S/C14H22N2O3/c1-18-12-4-5-14(19-2)13(8-12)16-7-3-6-15-11(9-16)10-17/h4-5,8,11,15,17H,3,6-7,9-10H2,1-2H3. The van der Waals surface area contributed by atoms with Gasteiger partial charge in [0.25, 0.3) is 0 Å². The molecule has 1 aromatic carbocycles. The van der Waals surface area contributed by atoms with Gasteiger partial charge in [-0.05, 0) is 25.1 Å². The summed E-state index contributed by atoms with van der Waals surface area (Å²) >= 11 is 0. The van der Waals surface area contributed by atoms with Gasteiger partial charge in [-0.25, -0.2) is 0 Å². The van der Waals surface area contributed by atoms with Crippen LogP contribution in [0.5, 0.6) is 11.5 Å². The van der Waals surface area contributed by atoms with E-state index in [4.69, 9.17) is 9.47 Å². The molecule has 0 aromatic heterocycles. The van der Waals surface area contributed by atoms with E-state index in [0.717, 1.165) is 43.2 Å². The molecule has 2 rings (SSSR count). The Kier molecular flexibility index (Phi) is 4.87. The quantitative estimate of drug-likeness (QED) is 0.847. The Hall–Kier alpha value is -1.46. The first-order chi connectivity index (χ1) is 9.28. The molecule has 5 heteroatoms. The van der Waals surface area contributed by atoms with Crippen molar-refractivity contribution in [2.45, 2.75) is 12.5 Å². The first kappa shape index (κ1) is 14.0. The molecule has 19 heavy (non-hydrogen) atoms. The van der Waals surface area contributed by atoms with Gasteiger partial charge in [-0.1, -0.05) is 0 Å². The van der Waals surface area contributed by atoms with Gasteiger partial charge < -0.3 is 24.8 Å². The summed E-state index contributed by atoms with van der Waals surface area (Å²) in [5.41, 5.74) is 1.02. The lowest BCUT2D eigenvalue weighted by atomic mass is 10.2. The highest BCUT2D eigenvalue weighted by Gasteiger charge is 2.20. The molecule has 1 atom stereocenters. The van der Waals surface area contributed by atoms with Crippen molar-refractivity contribution >= 4 is 5.69 Å². The maximum Gasteiger partial charge on any atom is 0.142 e. The van der Waals surface area contributed by atoms with E-state index >= 15 is 0 Å². The Bertz CT molecular complexity index is 412. The van der Waals surface area contributed by atoms with E-state index in [-0.39, 0.29) is 12.6 Å². The van der Waals surface area contributed by atoms with Crippen molar-refractivity contribution in [3.63, 3.8) is 0 Å². The SMILES string of the molecule is COc1ccc(OC)c(N2CCCNC(CO)C2)c1. The van der Waals surface area contributed by atoms with Gasteiger partial charge in [0.2, 0.25) is 0 Å². The van der Waals surface area contributed by atoms with Crippen LogP contribution in [-0.2, 0) is 0 Å². The molecule has 0 amide bonds. The first-order valence-corrected chi connectivity index (χ1v) is 6.59. The fraction of sp³-hybridized carbons (Fsp3) is 0.571. The van der Waals surface area contributed by atoms with Gasteiger partial charge in [-0.2, -0.15) is 0 Å². The molecule has 1 heterocycles. The van der Waals surface area contributed by atoms with E-state index in [9.17, 15) is 5.11 Å². The van der Waals surface area contributed by atoms with Crippen molar-refractivity contribution in [2.24, 2.45) is 0 Å². The van der Waals surface area contributed by atoms with E-state index < -0.39 is 0 Å². The molecule has 5 nitrogen and oxygen atoms in total. The number of methoxy groups -OCH3 is 2. The second kappa shape index (κ2) is 6.63. The molecular formula is C14H22N2O3. The van der Waals surface area contributed by atoms with Crippen LogP contribution in [0.4, 0.5) is 5.69 Å². The summed E-state index contributed by atoms with van der Waals surface area (Å²) in [4.78, 5) is 2.24. The van der Waals surface area contributed by atoms with Crippen LogP contribution in [0.15, 0.2) is 18.2 Å². The van der Waals surface area contributed by atoms with Crippen molar-refractivity contribution in [3.8, 4) is 11.5 Å². The molecule has 2 N–H and O–H groups in total. The molecule has 1 saturated heterocycles. The van der Waals surface area contributed by atoms with Crippen molar-refractivity contribution in [2.75, 3.05) is 45.4 Å². The third kappa shape index (κ3) is 3.30. The lowest BCUT2D eigenvalue weighted by Crippen LogP contribution is -2.40. The van der Waals surface area contributed by atoms with E-state index in [1.54, 1.807) is 14.2 Å². The van der Waals surface area contributed by atoms with Gasteiger partial charge in [0.1, 0.15) is 11.5 Å². The third-order valence-electron chi connectivity index (χ3n) is 3.43. The second-order valence-electron chi connectivity index (χ2n) is 4.67. The molecule has 106 valence electrons. The fourth-order valence-corrected chi connectivity index (χ4v) is 2.38. The number of rotatable bonds is 4. The average molecular weight is 266 g/mol. The van der Waals surface area contributed by atoms with Crippen LogP contribution in [0.2, 0.25) is 0 Å². The number of hydrogen-bond donors (Lipinski definition) is 2. The number of aliphatic hydroxyl groups is 1.